The molecule has 0 bridgehead atoms. The van der Waals surface area contributed by atoms with Crippen LogP contribution in [0.1, 0.15) is 5.56 Å². The van der Waals surface area contributed by atoms with Gasteiger partial charge in [0.1, 0.15) is 0 Å². The number of amidine groups is 1. The Labute approximate surface area is 129 Å². The highest BCUT2D eigenvalue weighted by molar-refractivity contribution is 8.18. The van der Waals surface area contributed by atoms with Crippen LogP contribution in [0.3, 0.4) is 0 Å². The Hall–Kier alpha value is -2.74. The molecule has 1 aromatic heterocycles. The highest BCUT2D eigenvalue weighted by Crippen LogP contribution is 2.37. The predicted octanol–water partition coefficient (Wildman–Crippen LogP) is 1.73. The lowest BCUT2D eigenvalue weighted by molar-refractivity contribution is -0.113. The molecule has 1 aromatic carbocycles. The molecule has 0 spiro atoms. The number of aliphatic imine (C=N–C) groups is 1. The Kier molecular flexibility index (Phi) is 2.90. The van der Waals surface area contributed by atoms with Crippen LogP contribution in [0.2, 0.25) is 0 Å². The van der Waals surface area contributed by atoms with Gasteiger partial charge in [-0.3, -0.25) is 9.89 Å². The van der Waals surface area contributed by atoms with Gasteiger partial charge in [-0.1, -0.05) is 0 Å². The van der Waals surface area contributed by atoms with Crippen molar-refractivity contribution >= 4 is 28.9 Å². The van der Waals surface area contributed by atoms with Gasteiger partial charge in [0.15, 0.2) is 16.7 Å². The number of nitrogens with one attached hydrogen (secondary N) is 1. The maximum Gasteiger partial charge on any atom is 0.286 e. The number of amides is 1. The number of carbonyl (C=O) groups is 1. The van der Waals surface area contributed by atoms with Gasteiger partial charge in [-0.15, -0.1) is 0 Å². The molecule has 2 aliphatic heterocycles. The topological polar surface area (TPSA) is 103 Å². The maximum absolute atomic E-state index is 11.7. The summed E-state index contributed by atoms with van der Waals surface area (Å²) in [6.07, 6.45) is 3.37. The number of H-pyrrole nitrogens is 1. The standard InChI is InChI=1S/C14H10N4O3S/c15-14-17-13(19)11(22-14)4-8-5-16-18-12(8)7-1-2-9-10(3-7)21-6-20-9/h1-5H,6H2,(H,16,18)(H2,15,17,19). The minimum Gasteiger partial charge on any atom is -0.454 e. The molecule has 8 heteroatoms. The first-order chi connectivity index (χ1) is 10.7. The Bertz CT molecular complexity index is 840. The number of aromatic nitrogens is 2. The second kappa shape index (κ2) is 4.92. The summed E-state index contributed by atoms with van der Waals surface area (Å²) in [7, 11) is 0. The molecule has 0 saturated carbocycles. The largest absolute Gasteiger partial charge is 0.454 e. The average Bonchev–Trinajstić information content (AvgIpc) is 3.19. The Balaban J connectivity index is 1.72. The number of rotatable bonds is 2. The van der Waals surface area contributed by atoms with Crippen molar-refractivity contribution in [2.24, 2.45) is 10.7 Å². The minimum absolute atomic E-state index is 0.223. The summed E-state index contributed by atoms with van der Waals surface area (Å²) in [6.45, 7) is 0.223. The summed E-state index contributed by atoms with van der Waals surface area (Å²) < 4.78 is 10.7. The quantitative estimate of drug-likeness (QED) is 0.818. The predicted molar refractivity (Wildman–Crippen MR) is 82.3 cm³/mol. The zero-order chi connectivity index (χ0) is 15.1. The van der Waals surface area contributed by atoms with E-state index < -0.39 is 0 Å². The third kappa shape index (κ3) is 2.13. The van der Waals surface area contributed by atoms with Gasteiger partial charge in [-0.2, -0.15) is 10.1 Å². The molecule has 0 unspecified atom stereocenters. The molecule has 4 rings (SSSR count). The molecule has 0 saturated heterocycles. The Morgan fingerprint density at radius 2 is 2.18 bits per heavy atom. The molecule has 110 valence electrons. The van der Waals surface area contributed by atoms with Crippen molar-refractivity contribution < 1.29 is 14.3 Å². The van der Waals surface area contributed by atoms with E-state index in [1.54, 1.807) is 12.3 Å². The fourth-order valence-electron chi connectivity index (χ4n) is 2.25. The molecule has 3 N–H and O–H groups in total. The summed E-state index contributed by atoms with van der Waals surface area (Å²) in [4.78, 5) is 15.8. The van der Waals surface area contributed by atoms with Crippen LogP contribution in [-0.2, 0) is 4.79 Å². The molecule has 0 radical (unpaired) electrons. The van der Waals surface area contributed by atoms with Crippen LogP contribution in [0, 0.1) is 0 Å². The van der Waals surface area contributed by atoms with Crippen LogP contribution in [0.4, 0.5) is 0 Å². The van der Waals surface area contributed by atoms with Crippen LogP contribution in [0.5, 0.6) is 11.5 Å². The van der Waals surface area contributed by atoms with Crippen LogP contribution in [-0.4, -0.2) is 28.1 Å². The van der Waals surface area contributed by atoms with E-state index in [2.05, 4.69) is 15.2 Å². The van der Waals surface area contributed by atoms with Crippen molar-refractivity contribution in [3.8, 4) is 22.8 Å². The lowest BCUT2D eigenvalue weighted by Crippen LogP contribution is -2.01. The molecule has 0 atom stereocenters. The van der Waals surface area contributed by atoms with Crippen molar-refractivity contribution in [2.75, 3.05) is 6.79 Å². The number of ether oxygens (including phenoxy) is 2. The number of fused-ring (bicyclic) bond motifs is 1. The monoisotopic (exact) mass is 314 g/mol. The summed E-state index contributed by atoms with van der Waals surface area (Å²) in [5.41, 5.74) is 8.00. The molecule has 22 heavy (non-hydrogen) atoms. The van der Waals surface area contributed by atoms with Crippen LogP contribution < -0.4 is 15.2 Å². The number of aromatic amines is 1. The van der Waals surface area contributed by atoms with Gasteiger partial charge in [0.05, 0.1) is 16.8 Å². The highest BCUT2D eigenvalue weighted by Gasteiger charge is 2.21. The number of nitrogens with two attached hydrogens (primary N) is 1. The molecule has 1 amide bonds. The van der Waals surface area contributed by atoms with E-state index in [-0.39, 0.29) is 17.9 Å². The highest BCUT2D eigenvalue weighted by atomic mass is 32.2. The van der Waals surface area contributed by atoms with E-state index in [0.29, 0.717) is 16.4 Å². The van der Waals surface area contributed by atoms with Gasteiger partial charge < -0.3 is 15.2 Å². The summed E-state index contributed by atoms with van der Waals surface area (Å²) in [6, 6.07) is 5.61. The van der Waals surface area contributed by atoms with E-state index in [0.717, 1.165) is 28.6 Å². The Morgan fingerprint density at radius 3 is 3.00 bits per heavy atom. The molecular formula is C14H10N4O3S. The van der Waals surface area contributed by atoms with Gasteiger partial charge in [0.2, 0.25) is 6.79 Å². The van der Waals surface area contributed by atoms with Gasteiger partial charge in [0, 0.05) is 11.1 Å². The van der Waals surface area contributed by atoms with Crippen molar-refractivity contribution in [3.63, 3.8) is 0 Å². The van der Waals surface area contributed by atoms with Gasteiger partial charge in [0.25, 0.3) is 5.91 Å². The summed E-state index contributed by atoms with van der Waals surface area (Å²) in [5.74, 6) is 1.07. The zero-order valence-corrected chi connectivity index (χ0v) is 12.0. The number of hydrogen-bond donors (Lipinski definition) is 2. The van der Waals surface area contributed by atoms with E-state index in [1.807, 2.05) is 18.2 Å². The number of hydrogen-bond acceptors (Lipinski definition) is 6. The fourth-order valence-corrected chi connectivity index (χ4v) is 2.93. The van der Waals surface area contributed by atoms with Gasteiger partial charge >= 0.3 is 0 Å². The SMILES string of the molecule is NC1=NC(=O)C(=Cc2cn[nH]c2-c2ccc3c(c2)OCO3)S1. The summed E-state index contributed by atoms with van der Waals surface area (Å²) in [5, 5.41) is 7.23. The molecule has 2 aliphatic rings. The molecule has 2 aromatic rings. The zero-order valence-electron chi connectivity index (χ0n) is 11.2. The lowest BCUT2D eigenvalue weighted by atomic mass is 10.1. The number of thioether (sulfide) groups is 1. The first kappa shape index (κ1) is 13.0. The lowest BCUT2D eigenvalue weighted by Gasteiger charge is -2.02. The third-order valence-corrected chi connectivity index (χ3v) is 4.07. The van der Waals surface area contributed by atoms with E-state index in [9.17, 15) is 4.79 Å². The second-order valence-electron chi connectivity index (χ2n) is 4.63. The number of nitrogens with zero attached hydrogens (tertiary/aromatic N) is 2. The maximum atomic E-state index is 11.7. The van der Waals surface area contributed by atoms with E-state index in [4.69, 9.17) is 15.2 Å². The van der Waals surface area contributed by atoms with Crippen LogP contribution in [0.15, 0.2) is 34.3 Å². The molecular weight excluding hydrogens is 304 g/mol. The molecule has 0 fully saturated rings. The van der Waals surface area contributed by atoms with Crippen molar-refractivity contribution in [1.29, 1.82) is 0 Å². The smallest absolute Gasteiger partial charge is 0.286 e. The Morgan fingerprint density at radius 1 is 1.32 bits per heavy atom. The molecule has 0 aliphatic carbocycles. The normalized spacial score (nSPS) is 18.1. The van der Waals surface area contributed by atoms with Crippen molar-refractivity contribution in [2.45, 2.75) is 0 Å². The third-order valence-electron chi connectivity index (χ3n) is 3.25. The van der Waals surface area contributed by atoms with E-state index in [1.165, 1.54) is 0 Å². The first-order valence-electron chi connectivity index (χ1n) is 6.42. The van der Waals surface area contributed by atoms with Crippen molar-refractivity contribution in [1.82, 2.24) is 10.2 Å². The van der Waals surface area contributed by atoms with Crippen LogP contribution >= 0.6 is 11.8 Å². The summed E-state index contributed by atoms with van der Waals surface area (Å²) >= 11 is 1.15. The average molecular weight is 314 g/mol. The van der Waals surface area contributed by atoms with E-state index >= 15 is 0 Å². The van der Waals surface area contributed by atoms with Gasteiger partial charge in [-0.05, 0) is 36.0 Å². The number of benzene rings is 1. The second-order valence-corrected chi connectivity index (χ2v) is 5.70. The molecule has 3 heterocycles. The van der Waals surface area contributed by atoms with Crippen LogP contribution in [0.25, 0.3) is 17.3 Å². The van der Waals surface area contributed by atoms with Crippen molar-refractivity contribution in [3.05, 3.63) is 34.9 Å². The fraction of sp³-hybridized carbons (Fsp3) is 0.0714. The number of carbonyl (C=O) groups excluding carboxylic acids is 1. The van der Waals surface area contributed by atoms with Gasteiger partial charge in [-0.25, -0.2) is 0 Å². The minimum atomic E-state index is -0.333. The first-order valence-corrected chi connectivity index (χ1v) is 7.24. The molecule has 7 nitrogen and oxygen atoms in total.